The number of carbonyl (C=O) groups excluding carboxylic acids is 1. The largest absolute Gasteiger partial charge is 0.375 e. The fourth-order valence-corrected chi connectivity index (χ4v) is 3.21. The highest BCUT2D eigenvalue weighted by molar-refractivity contribution is 7.89. The molecule has 25 heavy (non-hydrogen) atoms. The maximum atomic E-state index is 12.2. The summed E-state index contributed by atoms with van der Waals surface area (Å²) in [7, 11) is -0.645. The van der Waals surface area contributed by atoms with Gasteiger partial charge in [-0.25, -0.2) is 12.7 Å². The summed E-state index contributed by atoms with van der Waals surface area (Å²) in [5.74, 6) is -0.303. The lowest BCUT2D eigenvalue weighted by molar-refractivity contribution is -0.114. The van der Waals surface area contributed by atoms with Crippen LogP contribution < -0.4 is 10.6 Å². The molecule has 0 bridgehead atoms. The van der Waals surface area contributed by atoms with Crippen LogP contribution in [0.15, 0.2) is 47.4 Å². The van der Waals surface area contributed by atoms with Crippen LogP contribution in [0.3, 0.4) is 0 Å². The summed E-state index contributed by atoms with van der Waals surface area (Å²) >= 11 is 6.03. The van der Waals surface area contributed by atoms with Crippen molar-refractivity contribution in [2.45, 2.75) is 11.8 Å². The average Bonchev–Trinajstić information content (AvgIpc) is 2.55. The number of anilines is 2. The number of aryl methyl sites for hydroxylation is 1. The topological polar surface area (TPSA) is 78.5 Å². The summed E-state index contributed by atoms with van der Waals surface area (Å²) in [4.78, 5) is 12.3. The van der Waals surface area contributed by atoms with Crippen molar-refractivity contribution in [3.05, 3.63) is 53.1 Å². The van der Waals surface area contributed by atoms with Crippen molar-refractivity contribution < 1.29 is 13.2 Å². The van der Waals surface area contributed by atoms with Crippen molar-refractivity contribution in [2.24, 2.45) is 0 Å². The number of halogens is 1. The van der Waals surface area contributed by atoms with E-state index in [9.17, 15) is 13.2 Å². The molecule has 0 aromatic heterocycles. The molecule has 0 aliphatic carbocycles. The molecule has 0 spiro atoms. The lowest BCUT2D eigenvalue weighted by Crippen LogP contribution is -2.24. The van der Waals surface area contributed by atoms with Crippen LogP contribution in [-0.2, 0) is 14.8 Å². The van der Waals surface area contributed by atoms with Crippen LogP contribution in [0.2, 0.25) is 5.02 Å². The molecule has 2 N–H and O–H groups in total. The Balaban J connectivity index is 2.12. The number of para-hydroxylation sites is 1. The molecular formula is C17H20ClN3O3S. The Morgan fingerprint density at radius 3 is 2.44 bits per heavy atom. The van der Waals surface area contributed by atoms with Crippen molar-refractivity contribution >= 4 is 38.9 Å². The Morgan fingerprint density at radius 1 is 1.12 bits per heavy atom. The van der Waals surface area contributed by atoms with E-state index in [0.29, 0.717) is 16.4 Å². The molecule has 2 rings (SSSR count). The van der Waals surface area contributed by atoms with Crippen molar-refractivity contribution in [2.75, 3.05) is 31.3 Å². The van der Waals surface area contributed by atoms with Gasteiger partial charge in [0.05, 0.1) is 22.2 Å². The van der Waals surface area contributed by atoms with E-state index < -0.39 is 10.0 Å². The monoisotopic (exact) mass is 381 g/mol. The molecule has 0 unspecified atom stereocenters. The van der Waals surface area contributed by atoms with Gasteiger partial charge >= 0.3 is 0 Å². The van der Waals surface area contributed by atoms with Gasteiger partial charge in [0.15, 0.2) is 0 Å². The number of sulfonamides is 1. The smallest absolute Gasteiger partial charge is 0.243 e. The van der Waals surface area contributed by atoms with Gasteiger partial charge < -0.3 is 10.6 Å². The van der Waals surface area contributed by atoms with Crippen LogP contribution in [0.1, 0.15) is 5.56 Å². The van der Waals surface area contributed by atoms with Gasteiger partial charge in [-0.2, -0.15) is 0 Å². The first-order valence-corrected chi connectivity index (χ1v) is 9.35. The molecule has 6 nitrogen and oxygen atoms in total. The second-order valence-electron chi connectivity index (χ2n) is 5.65. The molecule has 0 aliphatic heterocycles. The SMILES string of the molecule is Cc1ccc(S(=O)(=O)N(C)C)cc1NC(=O)CNc1ccccc1Cl. The zero-order valence-electron chi connectivity index (χ0n) is 14.2. The molecule has 2 aromatic carbocycles. The summed E-state index contributed by atoms with van der Waals surface area (Å²) < 4.78 is 25.6. The van der Waals surface area contributed by atoms with Crippen molar-refractivity contribution in [3.8, 4) is 0 Å². The van der Waals surface area contributed by atoms with Crippen LogP contribution >= 0.6 is 11.6 Å². The molecule has 0 aliphatic rings. The zero-order valence-corrected chi connectivity index (χ0v) is 15.8. The minimum atomic E-state index is -3.56. The summed E-state index contributed by atoms with van der Waals surface area (Å²) in [6, 6.07) is 11.7. The maximum absolute atomic E-state index is 12.2. The standard InChI is InChI=1S/C17H20ClN3O3S/c1-12-8-9-13(25(23,24)21(2)3)10-16(12)20-17(22)11-19-15-7-5-4-6-14(15)18/h4-10,19H,11H2,1-3H3,(H,20,22). The Kier molecular flexibility index (Phi) is 6.05. The highest BCUT2D eigenvalue weighted by atomic mass is 35.5. The number of carbonyl (C=O) groups is 1. The molecule has 134 valence electrons. The van der Waals surface area contributed by atoms with Gasteiger partial charge in [0.25, 0.3) is 0 Å². The molecule has 2 aromatic rings. The molecule has 0 heterocycles. The Hall–Kier alpha value is -2.09. The Morgan fingerprint density at radius 2 is 1.80 bits per heavy atom. The zero-order chi connectivity index (χ0) is 18.6. The predicted octanol–water partition coefficient (Wildman–Crippen LogP) is 2.95. The molecular weight excluding hydrogens is 362 g/mol. The van der Waals surface area contributed by atoms with E-state index in [2.05, 4.69) is 10.6 Å². The normalized spacial score (nSPS) is 11.4. The second-order valence-corrected chi connectivity index (χ2v) is 8.20. The second kappa shape index (κ2) is 7.86. The Bertz CT molecular complexity index is 882. The molecule has 0 radical (unpaired) electrons. The average molecular weight is 382 g/mol. The minimum Gasteiger partial charge on any atom is -0.375 e. The van der Waals surface area contributed by atoms with E-state index in [1.165, 1.54) is 26.2 Å². The quantitative estimate of drug-likeness (QED) is 0.806. The fraction of sp³-hybridized carbons (Fsp3) is 0.235. The summed E-state index contributed by atoms with van der Waals surface area (Å²) in [6.45, 7) is 1.80. The fourth-order valence-electron chi connectivity index (χ4n) is 2.08. The van der Waals surface area contributed by atoms with Crippen molar-refractivity contribution in [3.63, 3.8) is 0 Å². The van der Waals surface area contributed by atoms with Crippen LogP contribution in [0.4, 0.5) is 11.4 Å². The van der Waals surface area contributed by atoms with E-state index in [1.807, 2.05) is 6.07 Å². The molecule has 8 heteroatoms. The molecule has 0 saturated carbocycles. The number of nitrogens with one attached hydrogen (secondary N) is 2. The van der Waals surface area contributed by atoms with Crippen molar-refractivity contribution in [1.29, 1.82) is 0 Å². The molecule has 0 saturated heterocycles. The first-order valence-electron chi connectivity index (χ1n) is 7.53. The predicted molar refractivity (Wildman–Crippen MR) is 101 cm³/mol. The first-order chi connectivity index (χ1) is 11.7. The third-order valence-corrected chi connectivity index (χ3v) is 5.72. The third kappa shape index (κ3) is 4.72. The Labute approximate surface area is 152 Å². The van der Waals surface area contributed by atoms with Gasteiger partial charge in [0.1, 0.15) is 0 Å². The minimum absolute atomic E-state index is 0.00777. The number of hydrogen-bond donors (Lipinski definition) is 2. The van der Waals surface area contributed by atoms with E-state index in [0.717, 1.165) is 9.87 Å². The van der Waals surface area contributed by atoms with Gasteiger partial charge in [0.2, 0.25) is 15.9 Å². The van der Waals surface area contributed by atoms with Gasteiger partial charge in [-0.15, -0.1) is 0 Å². The third-order valence-electron chi connectivity index (χ3n) is 3.57. The van der Waals surface area contributed by atoms with Crippen LogP contribution in [0.5, 0.6) is 0 Å². The number of nitrogens with zero attached hydrogens (tertiary/aromatic N) is 1. The van der Waals surface area contributed by atoms with E-state index in [-0.39, 0.29) is 17.3 Å². The molecule has 1 amide bonds. The first kappa shape index (κ1) is 19.2. The van der Waals surface area contributed by atoms with Crippen LogP contribution in [0.25, 0.3) is 0 Å². The van der Waals surface area contributed by atoms with Crippen LogP contribution in [-0.4, -0.2) is 39.3 Å². The maximum Gasteiger partial charge on any atom is 0.243 e. The van der Waals surface area contributed by atoms with E-state index in [1.54, 1.807) is 31.2 Å². The summed E-state index contributed by atoms with van der Waals surface area (Å²) in [6.07, 6.45) is 0. The van der Waals surface area contributed by atoms with Crippen LogP contribution in [0, 0.1) is 6.92 Å². The molecule has 0 atom stereocenters. The van der Waals surface area contributed by atoms with Gasteiger partial charge in [-0.3, -0.25) is 4.79 Å². The van der Waals surface area contributed by atoms with Gasteiger partial charge in [-0.1, -0.05) is 29.8 Å². The number of rotatable bonds is 6. The van der Waals surface area contributed by atoms with Crippen molar-refractivity contribution in [1.82, 2.24) is 4.31 Å². The van der Waals surface area contributed by atoms with Gasteiger partial charge in [0, 0.05) is 19.8 Å². The summed E-state index contributed by atoms with van der Waals surface area (Å²) in [5, 5.41) is 6.19. The highest BCUT2D eigenvalue weighted by Gasteiger charge is 2.18. The van der Waals surface area contributed by atoms with E-state index in [4.69, 9.17) is 11.6 Å². The number of amides is 1. The van der Waals surface area contributed by atoms with Gasteiger partial charge in [-0.05, 0) is 36.8 Å². The molecule has 0 fully saturated rings. The number of hydrogen-bond acceptors (Lipinski definition) is 4. The summed E-state index contributed by atoms with van der Waals surface area (Å²) in [5.41, 5.74) is 1.87. The lowest BCUT2D eigenvalue weighted by Gasteiger charge is -2.15. The van der Waals surface area contributed by atoms with E-state index >= 15 is 0 Å². The number of benzene rings is 2. The highest BCUT2D eigenvalue weighted by Crippen LogP contribution is 2.23. The lowest BCUT2D eigenvalue weighted by atomic mass is 10.2.